The summed E-state index contributed by atoms with van der Waals surface area (Å²) in [6, 6.07) is 2.26. The molecule has 1 saturated carbocycles. The molecule has 1 aromatic heterocycles. The van der Waals surface area contributed by atoms with Gasteiger partial charge in [0.2, 0.25) is 5.91 Å². The average Bonchev–Trinajstić information content (AvgIpc) is 2.64. The van der Waals surface area contributed by atoms with Crippen molar-refractivity contribution in [2.24, 2.45) is 5.92 Å². The quantitative estimate of drug-likeness (QED) is 0.832. The van der Waals surface area contributed by atoms with E-state index in [0.717, 1.165) is 24.1 Å². The smallest absolute Gasteiger partial charge is 0.225 e. The van der Waals surface area contributed by atoms with Crippen LogP contribution in [0.1, 0.15) is 48.9 Å². The number of anilines is 1. The molecule has 0 radical (unpaired) electrons. The van der Waals surface area contributed by atoms with E-state index in [2.05, 4.69) is 21.2 Å². The van der Waals surface area contributed by atoms with Crippen LogP contribution in [0.4, 0.5) is 5.82 Å². The lowest BCUT2D eigenvalue weighted by Gasteiger charge is -2.37. The maximum absolute atomic E-state index is 12.6. The molecule has 2 fully saturated rings. The minimum Gasteiger partial charge on any atom is -0.350 e. The van der Waals surface area contributed by atoms with Gasteiger partial charge in [0.15, 0.2) is 5.82 Å². The zero-order chi connectivity index (χ0) is 17.1. The van der Waals surface area contributed by atoms with Gasteiger partial charge in [-0.15, -0.1) is 5.10 Å². The highest BCUT2D eigenvalue weighted by atomic mass is 16.2. The van der Waals surface area contributed by atoms with Crippen LogP contribution < -0.4 is 4.90 Å². The van der Waals surface area contributed by atoms with E-state index in [1.807, 2.05) is 18.7 Å². The first-order valence-electron chi connectivity index (χ1n) is 8.89. The summed E-state index contributed by atoms with van der Waals surface area (Å²) >= 11 is 0. The SMILES string of the molecule is Cc1nnc(N2CCN(C(=O)C3CCCCC3)CC2)c(C#N)c1C. The largest absolute Gasteiger partial charge is 0.350 e. The molecule has 0 N–H and O–H groups in total. The van der Waals surface area contributed by atoms with Gasteiger partial charge in [-0.3, -0.25) is 4.79 Å². The van der Waals surface area contributed by atoms with E-state index < -0.39 is 0 Å². The topological polar surface area (TPSA) is 73.1 Å². The second kappa shape index (κ2) is 7.16. The molecule has 0 unspecified atom stereocenters. The molecule has 0 atom stereocenters. The molecule has 2 aliphatic rings. The van der Waals surface area contributed by atoms with Crippen molar-refractivity contribution in [3.05, 3.63) is 16.8 Å². The van der Waals surface area contributed by atoms with Crippen LogP contribution in [0, 0.1) is 31.1 Å². The molecule has 128 valence electrons. The standard InChI is InChI=1S/C18H25N5O/c1-13-14(2)20-21-17(16(13)12-19)22-8-10-23(11-9-22)18(24)15-6-4-3-5-7-15/h15H,3-11H2,1-2H3. The predicted molar refractivity (Wildman–Crippen MR) is 91.6 cm³/mol. The highest BCUT2D eigenvalue weighted by Gasteiger charge is 2.29. The zero-order valence-electron chi connectivity index (χ0n) is 14.6. The van der Waals surface area contributed by atoms with E-state index in [1.165, 1.54) is 19.3 Å². The van der Waals surface area contributed by atoms with Crippen molar-refractivity contribution < 1.29 is 4.79 Å². The summed E-state index contributed by atoms with van der Waals surface area (Å²) < 4.78 is 0. The molecule has 2 heterocycles. The first-order chi connectivity index (χ1) is 11.6. The Balaban J connectivity index is 1.66. The number of aryl methyl sites for hydroxylation is 1. The van der Waals surface area contributed by atoms with Crippen molar-refractivity contribution in [1.29, 1.82) is 5.26 Å². The number of amides is 1. The number of piperazine rings is 1. The molecule has 1 amide bonds. The summed E-state index contributed by atoms with van der Waals surface area (Å²) in [5.74, 6) is 1.20. The van der Waals surface area contributed by atoms with E-state index in [4.69, 9.17) is 0 Å². The van der Waals surface area contributed by atoms with Gasteiger partial charge in [0, 0.05) is 32.1 Å². The number of aromatic nitrogens is 2. The Bertz CT molecular complexity index is 652. The molecule has 6 nitrogen and oxygen atoms in total. The molecule has 24 heavy (non-hydrogen) atoms. The predicted octanol–water partition coefficient (Wildman–Crippen LogP) is 2.19. The highest BCUT2D eigenvalue weighted by molar-refractivity contribution is 5.79. The van der Waals surface area contributed by atoms with E-state index >= 15 is 0 Å². The summed E-state index contributed by atoms with van der Waals surface area (Å²) in [6.45, 7) is 6.61. The van der Waals surface area contributed by atoms with E-state index in [1.54, 1.807) is 0 Å². The number of carbonyl (C=O) groups is 1. The Morgan fingerprint density at radius 3 is 2.38 bits per heavy atom. The summed E-state index contributed by atoms with van der Waals surface area (Å²) in [5, 5.41) is 17.9. The van der Waals surface area contributed by atoms with Crippen LogP contribution in [0.5, 0.6) is 0 Å². The van der Waals surface area contributed by atoms with Gasteiger partial charge in [0.25, 0.3) is 0 Å². The molecular formula is C18H25N5O. The van der Waals surface area contributed by atoms with Crippen LogP contribution in [0.25, 0.3) is 0 Å². The molecule has 6 heteroatoms. The van der Waals surface area contributed by atoms with Gasteiger partial charge in [0.1, 0.15) is 11.6 Å². The Kier molecular flexibility index (Phi) is 4.98. The molecule has 1 saturated heterocycles. The monoisotopic (exact) mass is 327 g/mol. The maximum atomic E-state index is 12.6. The van der Waals surface area contributed by atoms with E-state index in [9.17, 15) is 10.1 Å². The lowest BCUT2D eigenvalue weighted by Crippen LogP contribution is -2.51. The number of rotatable bonds is 2. The fraction of sp³-hybridized carbons (Fsp3) is 0.667. The van der Waals surface area contributed by atoms with Crippen molar-refractivity contribution in [2.45, 2.75) is 46.0 Å². The maximum Gasteiger partial charge on any atom is 0.225 e. The Hall–Kier alpha value is -2.16. The zero-order valence-corrected chi connectivity index (χ0v) is 14.6. The fourth-order valence-corrected chi connectivity index (χ4v) is 3.70. The van der Waals surface area contributed by atoms with Gasteiger partial charge in [-0.2, -0.15) is 10.4 Å². The van der Waals surface area contributed by atoms with Crippen molar-refractivity contribution in [2.75, 3.05) is 31.1 Å². The highest BCUT2D eigenvalue weighted by Crippen LogP contribution is 2.27. The molecule has 1 aromatic rings. The van der Waals surface area contributed by atoms with Gasteiger partial charge in [-0.05, 0) is 32.3 Å². The average molecular weight is 327 g/mol. The molecule has 3 rings (SSSR count). The van der Waals surface area contributed by atoms with Crippen LogP contribution >= 0.6 is 0 Å². The molecule has 0 aromatic carbocycles. The summed E-state index contributed by atoms with van der Waals surface area (Å²) in [5.41, 5.74) is 2.29. The third-order valence-corrected chi connectivity index (χ3v) is 5.39. The van der Waals surface area contributed by atoms with Crippen molar-refractivity contribution >= 4 is 11.7 Å². The minimum atomic E-state index is 0.224. The normalized spacial score (nSPS) is 19.2. The van der Waals surface area contributed by atoms with Crippen LogP contribution in [0.15, 0.2) is 0 Å². The number of nitriles is 1. The van der Waals surface area contributed by atoms with Crippen LogP contribution in [0.2, 0.25) is 0 Å². The summed E-state index contributed by atoms with van der Waals surface area (Å²) in [6.07, 6.45) is 5.71. The van der Waals surface area contributed by atoms with E-state index in [-0.39, 0.29) is 5.92 Å². The molecule has 0 spiro atoms. The number of carbonyl (C=O) groups excluding carboxylic acids is 1. The summed E-state index contributed by atoms with van der Waals surface area (Å²) in [7, 11) is 0. The molecule has 0 bridgehead atoms. The molecule has 1 aliphatic heterocycles. The minimum absolute atomic E-state index is 0.224. The first-order valence-corrected chi connectivity index (χ1v) is 8.89. The first kappa shape index (κ1) is 16.7. The Morgan fingerprint density at radius 1 is 1.08 bits per heavy atom. The number of nitrogens with zero attached hydrogens (tertiary/aromatic N) is 5. The third-order valence-electron chi connectivity index (χ3n) is 5.39. The Labute approximate surface area is 143 Å². The summed E-state index contributed by atoms with van der Waals surface area (Å²) in [4.78, 5) is 16.7. The van der Waals surface area contributed by atoms with Crippen LogP contribution in [0.3, 0.4) is 0 Å². The second-order valence-corrected chi connectivity index (χ2v) is 6.87. The molecule has 1 aliphatic carbocycles. The fourth-order valence-electron chi connectivity index (χ4n) is 3.70. The van der Waals surface area contributed by atoms with Crippen molar-refractivity contribution in [3.63, 3.8) is 0 Å². The van der Waals surface area contributed by atoms with Gasteiger partial charge in [0.05, 0.1) is 5.69 Å². The third kappa shape index (κ3) is 3.21. The number of hydrogen-bond acceptors (Lipinski definition) is 5. The Morgan fingerprint density at radius 2 is 1.75 bits per heavy atom. The van der Waals surface area contributed by atoms with Crippen LogP contribution in [-0.2, 0) is 4.79 Å². The van der Waals surface area contributed by atoms with Crippen molar-refractivity contribution in [1.82, 2.24) is 15.1 Å². The lowest BCUT2D eigenvalue weighted by molar-refractivity contribution is -0.136. The molecular weight excluding hydrogens is 302 g/mol. The van der Waals surface area contributed by atoms with Gasteiger partial charge < -0.3 is 9.80 Å². The van der Waals surface area contributed by atoms with Gasteiger partial charge >= 0.3 is 0 Å². The second-order valence-electron chi connectivity index (χ2n) is 6.87. The number of hydrogen-bond donors (Lipinski definition) is 0. The van der Waals surface area contributed by atoms with E-state index in [0.29, 0.717) is 43.5 Å². The van der Waals surface area contributed by atoms with Crippen LogP contribution in [-0.4, -0.2) is 47.2 Å². The van der Waals surface area contributed by atoms with Gasteiger partial charge in [-0.1, -0.05) is 19.3 Å². The van der Waals surface area contributed by atoms with Crippen molar-refractivity contribution in [3.8, 4) is 6.07 Å². The van der Waals surface area contributed by atoms with Gasteiger partial charge in [-0.25, -0.2) is 0 Å². The lowest BCUT2D eigenvalue weighted by atomic mass is 9.88.